The van der Waals surface area contributed by atoms with Gasteiger partial charge in [0.2, 0.25) is 5.95 Å². The van der Waals surface area contributed by atoms with Crippen LogP contribution < -0.4 is 5.32 Å². The summed E-state index contributed by atoms with van der Waals surface area (Å²) >= 11 is 0. The zero-order valence-corrected chi connectivity index (χ0v) is 7.31. The van der Waals surface area contributed by atoms with Crippen molar-refractivity contribution in [3.8, 4) is 0 Å². The fourth-order valence-corrected chi connectivity index (χ4v) is 1.05. The molecule has 0 radical (unpaired) electrons. The number of nitrogens with one attached hydrogen (secondary N) is 1. The van der Waals surface area contributed by atoms with Crippen LogP contribution in [0.4, 0.5) is 16.0 Å². The first kappa shape index (κ1) is 8.62. The molecule has 0 saturated heterocycles. The average molecular weight is 189 g/mol. The molecule has 0 fully saturated rings. The summed E-state index contributed by atoms with van der Waals surface area (Å²) < 4.78 is 13.2. The van der Waals surface area contributed by atoms with E-state index in [4.69, 9.17) is 0 Å². The number of anilines is 2. The smallest absolute Gasteiger partial charge is 0.227 e. The van der Waals surface area contributed by atoms with Crippen molar-refractivity contribution in [3.05, 3.63) is 48.5 Å². The maximum absolute atomic E-state index is 13.2. The van der Waals surface area contributed by atoms with Gasteiger partial charge in [0.15, 0.2) is 0 Å². The predicted molar refractivity (Wildman–Crippen MR) is 51.7 cm³/mol. The zero-order chi connectivity index (χ0) is 9.80. The van der Waals surface area contributed by atoms with Gasteiger partial charge < -0.3 is 5.32 Å². The Morgan fingerprint density at radius 1 is 1.00 bits per heavy atom. The Balaban J connectivity index is 2.24. The van der Waals surface area contributed by atoms with Gasteiger partial charge in [-0.3, -0.25) is 0 Å². The average Bonchev–Trinajstić information content (AvgIpc) is 2.23. The van der Waals surface area contributed by atoms with E-state index in [0.717, 1.165) is 0 Å². The second-order valence-electron chi connectivity index (χ2n) is 2.68. The summed E-state index contributed by atoms with van der Waals surface area (Å²) in [5.41, 5.74) is 0.374. The highest BCUT2D eigenvalue weighted by Crippen LogP contribution is 2.15. The van der Waals surface area contributed by atoms with Crippen LogP contribution in [-0.2, 0) is 0 Å². The maximum Gasteiger partial charge on any atom is 0.227 e. The third kappa shape index (κ3) is 1.85. The fourth-order valence-electron chi connectivity index (χ4n) is 1.05. The molecule has 1 N–H and O–H groups in total. The lowest BCUT2D eigenvalue weighted by Crippen LogP contribution is -1.97. The van der Waals surface area contributed by atoms with Crippen molar-refractivity contribution in [3.63, 3.8) is 0 Å². The molecule has 2 aromatic rings. The number of halogens is 1. The van der Waals surface area contributed by atoms with Gasteiger partial charge in [0.1, 0.15) is 5.82 Å². The molecule has 1 aromatic carbocycles. The number of para-hydroxylation sites is 1. The van der Waals surface area contributed by atoms with Crippen molar-refractivity contribution in [2.75, 3.05) is 5.32 Å². The molecule has 3 nitrogen and oxygen atoms in total. The highest BCUT2D eigenvalue weighted by Gasteiger charge is 2.00. The molecular weight excluding hydrogens is 181 g/mol. The van der Waals surface area contributed by atoms with Gasteiger partial charge in [-0.1, -0.05) is 12.1 Å². The van der Waals surface area contributed by atoms with Crippen LogP contribution in [0.15, 0.2) is 42.7 Å². The van der Waals surface area contributed by atoms with E-state index in [-0.39, 0.29) is 5.82 Å². The van der Waals surface area contributed by atoms with Crippen molar-refractivity contribution < 1.29 is 4.39 Å². The second kappa shape index (κ2) is 3.83. The maximum atomic E-state index is 13.2. The molecule has 1 heterocycles. The summed E-state index contributed by atoms with van der Waals surface area (Å²) in [6.07, 6.45) is 3.19. The largest absolute Gasteiger partial charge is 0.322 e. The van der Waals surface area contributed by atoms with Crippen molar-refractivity contribution in [2.24, 2.45) is 0 Å². The molecule has 0 saturated carbocycles. The van der Waals surface area contributed by atoms with E-state index in [0.29, 0.717) is 11.6 Å². The number of rotatable bonds is 2. The third-order valence-corrected chi connectivity index (χ3v) is 1.69. The van der Waals surface area contributed by atoms with Crippen LogP contribution in [0.1, 0.15) is 0 Å². The molecule has 2 rings (SSSR count). The quantitative estimate of drug-likeness (QED) is 0.788. The molecule has 0 spiro atoms. The summed E-state index contributed by atoms with van der Waals surface area (Å²) in [6.45, 7) is 0. The van der Waals surface area contributed by atoms with E-state index >= 15 is 0 Å². The van der Waals surface area contributed by atoms with Crippen LogP contribution in [-0.4, -0.2) is 9.97 Å². The van der Waals surface area contributed by atoms with E-state index in [9.17, 15) is 4.39 Å². The molecular formula is C10H8FN3. The molecule has 70 valence electrons. The molecule has 0 atom stereocenters. The summed E-state index contributed by atoms with van der Waals surface area (Å²) in [5.74, 6) is 0.0672. The molecule has 0 amide bonds. The standard InChI is InChI=1S/C10H8FN3/c11-8-4-1-2-5-9(8)14-10-12-6-3-7-13-10/h1-7H,(H,12,13,14). The number of nitrogens with zero attached hydrogens (tertiary/aromatic N) is 2. The Labute approximate surface area is 80.6 Å². The van der Waals surface area contributed by atoms with Gasteiger partial charge in [-0.25, -0.2) is 14.4 Å². The minimum absolute atomic E-state index is 0.319. The summed E-state index contributed by atoms with van der Waals surface area (Å²) in [5, 5.41) is 2.77. The van der Waals surface area contributed by atoms with Gasteiger partial charge in [0, 0.05) is 12.4 Å². The van der Waals surface area contributed by atoms with Gasteiger partial charge in [0.25, 0.3) is 0 Å². The first-order valence-electron chi connectivity index (χ1n) is 4.15. The lowest BCUT2D eigenvalue weighted by atomic mass is 10.3. The third-order valence-electron chi connectivity index (χ3n) is 1.69. The van der Waals surface area contributed by atoms with Crippen molar-refractivity contribution in [2.45, 2.75) is 0 Å². The molecule has 0 aliphatic heterocycles. The number of benzene rings is 1. The van der Waals surface area contributed by atoms with Gasteiger partial charge in [-0.15, -0.1) is 0 Å². The SMILES string of the molecule is Fc1ccccc1Nc1ncccn1. The molecule has 0 aliphatic carbocycles. The Morgan fingerprint density at radius 2 is 1.71 bits per heavy atom. The van der Waals surface area contributed by atoms with Crippen molar-refractivity contribution >= 4 is 11.6 Å². The summed E-state index contributed by atoms with van der Waals surface area (Å²) in [4.78, 5) is 7.85. The van der Waals surface area contributed by atoms with Crippen LogP contribution in [0.5, 0.6) is 0 Å². The molecule has 0 bridgehead atoms. The number of aromatic nitrogens is 2. The molecule has 14 heavy (non-hydrogen) atoms. The van der Waals surface area contributed by atoms with Crippen LogP contribution in [0.3, 0.4) is 0 Å². The Hall–Kier alpha value is -1.97. The summed E-state index contributed by atoms with van der Waals surface area (Å²) in [6, 6.07) is 8.09. The Bertz CT molecular complexity index is 417. The predicted octanol–water partition coefficient (Wildman–Crippen LogP) is 2.36. The van der Waals surface area contributed by atoms with Crippen molar-refractivity contribution in [1.29, 1.82) is 0 Å². The number of hydrogen-bond acceptors (Lipinski definition) is 3. The minimum Gasteiger partial charge on any atom is -0.322 e. The lowest BCUT2D eigenvalue weighted by Gasteiger charge is -2.03. The highest BCUT2D eigenvalue weighted by molar-refractivity contribution is 5.53. The van der Waals surface area contributed by atoms with E-state index in [1.807, 2.05) is 0 Å². The molecule has 4 heteroatoms. The first-order chi connectivity index (χ1) is 6.86. The van der Waals surface area contributed by atoms with E-state index < -0.39 is 0 Å². The van der Waals surface area contributed by atoms with Crippen molar-refractivity contribution in [1.82, 2.24) is 9.97 Å². The fraction of sp³-hybridized carbons (Fsp3) is 0. The van der Waals surface area contributed by atoms with Gasteiger partial charge in [0.05, 0.1) is 5.69 Å². The Kier molecular flexibility index (Phi) is 2.36. The topological polar surface area (TPSA) is 37.8 Å². The monoisotopic (exact) mass is 189 g/mol. The summed E-state index contributed by atoms with van der Waals surface area (Å²) in [7, 11) is 0. The second-order valence-corrected chi connectivity index (χ2v) is 2.68. The zero-order valence-electron chi connectivity index (χ0n) is 7.31. The van der Waals surface area contributed by atoms with Crippen LogP contribution in [0.2, 0.25) is 0 Å². The molecule has 1 aromatic heterocycles. The van der Waals surface area contributed by atoms with E-state index in [2.05, 4.69) is 15.3 Å². The lowest BCUT2D eigenvalue weighted by molar-refractivity contribution is 0.631. The molecule has 0 unspecified atom stereocenters. The minimum atomic E-state index is -0.319. The first-order valence-corrected chi connectivity index (χ1v) is 4.15. The highest BCUT2D eigenvalue weighted by atomic mass is 19.1. The van der Waals surface area contributed by atoms with Gasteiger partial charge >= 0.3 is 0 Å². The van der Waals surface area contributed by atoms with Gasteiger partial charge in [-0.05, 0) is 18.2 Å². The Morgan fingerprint density at radius 3 is 2.43 bits per heavy atom. The normalized spacial score (nSPS) is 9.79. The van der Waals surface area contributed by atoms with E-state index in [1.165, 1.54) is 6.07 Å². The molecule has 0 aliphatic rings. The number of hydrogen-bond donors (Lipinski definition) is 1. The van der Waals surface area contributed by atoms with Crippen LogP contribution in [0.25, 0.3) is 0 Å². The van der Waals surface area contributed by atoms with Gasteiger partial charge in [-0.2, -0.15) is 0 Å². The van der Waals surface area contributed by atoms with Crippen LogP contribution in [0, 0.1) is 5.82 Å². The van der Waals surface area contributed by atoms with Crippen LogP contribution >= 0.6 is 0 Å². The van der Waals surface area contributed by atoms with E-state index in [1.54, 1.807) is 36.7 Å².